The Morgan fingerprint density at radius 3 is 2.42 bits per heavy atom. The molecule has 0 bridgehead atoms. The predicted molar refractivity (Wildman–Crippen MR) is 94.9 cm³/mol. The first-order chi connectivity index (χ1) is 12.3. The number of nitrogens with zero attached hydrogens (tertiary/aromatic N) is 1. The van der Waals surface area contributed by atoms with Gasteiger partial charge in [0.2, 0.25) is 0 Å². The largest absolute Gasteiger partial charge is 0.383 e. The van der Waals surface area contributed by atoms with Crippen molar-refractivity contribution in [3.63, 3.8) is 0 Å². The molecule has 0 aliphatic heterocycles. The van der Waals surface area contributed by atoms with Crippen LogP contribution in [0.3, 0.4) is 0 Å². The van der Waals surface area contributed by atoms with Gasteiger partial charge in [-0.15, -0.1) is 0 Å². The van der Waals surface area contributed by atoms with Gasteiger partial charge in [0.05, 0.1) is 12.9 Å². The van der Waals surface area contributed by atoms with Gasteiger partial charge in [0.25, 0.3) is 5.91 Å². The Kier molecular flexibility index (Phi) is 6.70. The lowest BCUT2D eigenvalue weighted by Gasteiger charge is -2.23. The third-order valence-corrected chi connectivity index (χ3v) is 3.96. The minimum Gasteiger partial charge on any atom is -0.383 e. The first kappa shape index (κ1) is 19.9. The van der Waals surface area contributed by atoms with Crippen molar-refractivity contribution >= 4 is 16.0 Å². The van der Waals surface area contributed by atoms with E-state index in [0.717, 1.165) is 11.8 Å². The van der Waals surface area contributed by atoms with Crippen LogP contribution in [0.2, 0.25) is 0 Å². The molecule has 0 N–H and O–H groups in total. The Bertz CT molecular complexity index is 852. The first-order valence-corrected chi connectivity index (χ1v) is 9.62. The van der Waals surface area contributed by atoms with E-state index >= 15 is 0 Å². The van der Waals surface area contributed by atoms with Gasteiger partial charge in [-0.05, 0) is 35.9 Å². The number of carbonyl (C=O) groups excluding carboxylic acids is 1. The molecule has 0 heterocycles. The average molecular weight is 381 g/mol. The molecule has 2 rings (SSSR count). The van der Waals surface area contributed by atoms with Crippen LogP contribution in [0.5, 0.6) is 5.75 Å². The van der Waals surface area contributed by atoms with E-state index < -0.39 is 15.9 Å². The minimum absolute atomic E-state index is 0.191. The van der Waals surface area contributed by atoms with Gasteiger partial charge in [0, 0.05) is 25.8 Å². The second-order valence-corrected chi connectivity index (χ2v) is 7.24. The zero-order valence-electron chi connectivity index (χ0n) is 14.5. The molecule has 0 atom stereocenters. The molecule has 8 heteroatoms. The molecule has 0 aliphatic carbocycles. The number of methoxy groups -OCH3 is 1. The summed E-state index contributed by atoms with van der Waals surface area (Å²) in [6.07, 6.45) is 0.963. The molecular weight excluding hydrogens is 361 g/mol. The van der Waals surface area contributed by atoms with Gasteiger partial charge in [-0.3, -0.25) is 4.79 Å². The van der Waals surface area contributed by atoms with Crippen molar-refractivity contribution < 1.29 is 26.5 Å². The number of benzene rings is 2. The summed E-state index contributed by atoms with van der Waals surface area (Å²) in [7, 11) is -2.07. The standard InChI is InChI=1S/C18H20FNO5S/c1-24-11-10-20(18(21)15-4-3-5-16(19)12-15)13-14-6-8-17(9-7-14)25-26(2,22)23/h3-9,12H,10-11,13H2,1-2H3. The van der Waals surface area contributed by atoms with Crippen LogP contribution in [0.15, 0.2) is 48.5 Å². The van der Waals surface area contributed by atoms with Crippen molar-refractivity contribution in [2.45, 2.75) is 6.54 Å². The summed E-state index contributed by atoms with van der Waals surface area (Å²) >= 11 is 0. The van der Waals surface area contributed by atoms with Crippen LogP contribution in [-0.4, -0.2) is 45.7 Å². The summed E-state index contributed by atoms with van der Waals surface area (Å²) in [5, 5.41) is 0. The SMILES string of the molecule is COCCN(Cc1ccc(OS(C)(=O)=O)cc1)C(=O)c1cccc(F)c1. The lowest BCUT2D eigenvalue weighted by Crippen LogP contribution is -2.33. The van der Waals surface area contributed by atoms with Crippen molar-refractivity contribution in [3.05, 3.63) is 65.5 Å². The van der Waals surface area contributed by atoms with E-state index in [1.165, 1.54) is 42.3 Å². The highest BCUT2D eigenvalue weighted by atomic mass is 32.2. The maximum Gasteiger partial charge on any atom is 0.306 e. The maximum absolute atomic E-state index is 13.4. The second kappa shape index (κ2) is 8.77. The molecule has 0 saturated carbocycles. The summed E-state index contributed by atoms with van der Waals surface area (Å²) < 4.78 is 45.5. The van der Waals surface area contributed by atoms with Crippen LogP contribution < -0.4 is 4.18 Å². The van der Waals surface area contributed by atoms with E-state index in [1.807, 2.05) is 0 Å². The fourth-order valence-corrected chi connectivity index (χ4v) is 2.76. The molecule has 0 saturated heterocycles. The van der Waals surface area contributed by atoms with Gasteiger partial charge in [0.15, 0.2) is 0 Å². The van der Waals surface area contributed by atoms with Crippen molar-refractivity contribution in [2.24, 2.45) is 0 Å². The number of ether oxygens (including phenoxy) is 1. The van der Waals surface area contributed by atoms with Crippen LogP contribution in [-0.2, 0) is 21.4 Å². The molecule has 0 fully saturated rings. The molecular formula is C18H20FNO5S. The molecule has 140 valence electrons. The topological polar surface area (TPSA) is 72.9 Å². The highest BCUT2D eigenvalue weighted by Crippen LogP contribution is 2.17. The molecule has 1 amide bonds. The van der Waals surface area contributed by atoms with Crippen molar-refractivity contribution in [1.82, 2.24) is 4.90 Å². The Labute approximate surface area is 152 Å². The fraction of sp³-hybridized carbons (Fsp3) is 0.278. The van der Waals surface area contributed by atoms with Gasteiger partial charge >= 0.3 is 10.1 Å². The summed E-state index contributed by atoms with van der Waals surface area (Å²) in [4.78, 5) is 14.2. The van der Waals surface area contributed by atoms with E-state index in [9.17, 15) is 17.6 Å². The number of rotatable bonds is 8. The quantitative estimate of drug-likeness (QED) is 0.657. The van der Waals surface area contributed by atoms with Crippen LogP contribution in [0.25, 0.3) is 0 Å². The van der Waals surface area contributed by atoms with E-state index in [1.54, 1.807) is 18.2 Å². The smallest absolute Gasteiger partial charge is 0.306 e. The Morgan fingerprint density at radius 1 is 1.15 bits per heavy atom. The van der Waals surface area contributed by atoms with Crippen LogP contribution >= 0.6 is 0 Å². The van der Waals surface area contributed by atoms with Crippen molar-refractivity contribution in [3.8, 4) is 5.75 Å². The second-order valence-electron chi connectivity index (χ2n) is 5.66. The Morgan fingerprint density at radius 2 is 1.85 bits per heavy atom. The van der Waals surface area contributed by atoms with Gasteiger partial charge in [0.1, 0.15) is 11.6 Å². The monoisotopic (exact) mass is 381 g/mol. The average Bonchev–Trinajstić information content (AvgIpc) is 2.58. The molecule has 0 aliphatic rings. The molecule has 26 heavy (non-hydrogen) atoms. The third kappa shape index (κ3) is 6.12. The lowest BCUT2D eigenvalue weighted by atomic mass is 10.1. The summed E-state index contributed by atoms with van der Waals surface area (Å²) in [5.41, 5.74) is 1.02. The number of hydrogen-bond donors (Lipinski definition) is 0. The van der Waals surface area contributed by atoms with Crippen LogP contribution in [0, 0.1) is 5.82 Å². The van der Waals surface area contributed by atoms with Crippen molar-refractivity contribution in [2.75, 3.05) is 26.5 Å². The van der Waals surface area contributed by atoms with Gasteiger partial charge in [-0.1, -0.05) is 18.2 Å². The number of halogens is 1. The summed E-state index contributed by atoms with van der Waals surface area (Å²) in [6, 6.07) is 11.8. The maximum atomic E-state index is 13.4. The van der Waals surface area contributed by atoms with E-state index in [-0.39, 0.29) is 23.8 Å². The highest BCUT2D eigenvalue weighted by molar-refractivity contribution is 7.86. The van der Waals surface area contributed by atoms with Crippen LogP contribution in [0.4, 0.5) is 4.39 Å². The summed E-state index contributed by atoms with van der Waals surface area (Å²) in [5.74, 6) is -0.612. The fourth-order valence-electron chi connectivity index (χ4n) is 2.30. The van der Waals surface area contributed by atoms with E-state index in [0.29, 0.717) is 13.2 Å². The van der Waals surface area contributed by atoms with Gasteiger partial charge in [-0.25, -0.2) is 4.39 Å². The molecule has 2 aromatic carbocycles. The molecule has 0 radical (unpaired) electrons. The normalized spacial score (nSPS) is 11.2. The molecule has 0 aromatic heterocycles. The zero-order chi connectivity index (χ0) is 19.2. The van der Waals surface area contributed by atoms with Crippen LogP contribution in [0.1, 0.15) is 15.9 Å². The van der Waals surface area contributed by atoms with E-state index in [2.05, 4.69) is 0 Å². The zero-order valence-corrected chi connectivity index (χ0v) is 15.3. The third-order valence-electron chi connectivity index (χ3n) is 3.47. The predicted octanol–water partition coefficient (Wildman–Crippen LogP) is 2.45. The Hall–Kier alpha value is -2.45. The van der Waals surface area contributed by atoms with Gasteiger partial charge < -0.3 is 13.8 Å². The van der Waals surface area contributed by atoms with Crippen molar-refractivity contribution in [1.29, 1.82) is 0 Å². The molecule has 0 unspecified atom stereocenters. The summed E-state index contributed by atoms with van der Waals surface area (Å²) in [6.45, 7) is 0.918. The molecule has 6 nitrogen and oxygen atoms in total. The molecule has 2 aromatic rings. The highest BCUT2D eigenvalue weighted by Gasteiger charge is 2.17. The van der Waals surface area contributed by atoms with Gasteiger partial charge in [-0.2, -0.15) is 8.42 Å². The number of hydrogen-bond acceptors (Lipinski definition) is 5. The Balaban J connectivity index is 2.15. The first-order valence-electron chi connectivity index (χ1n) is 7.80. The minimum atomic E-state index is -3.60. The number of carbonyl (C=O) groups is 1. The van der Waals surface area contributed by atoms with E-state index in [4.69, 9.17) is 8.92 Å². The number of amides is 1. The molecule has 0 spiro atoms. The lowest BCUT2D eigenvalue weighted by molar-refractivity contribution is 0.0680.